The fourth-order valence-electron chi connectivity index (χ4n) is 3.64. The van der Waals surface area contributed by atoms with Gasteiger partial charge in [-0.2, -0.15) is 9.57 Å². The zero-order valence-electron chi connectivity index (χ0n) is 19.5. The Morgan fingerprint density at radius 3 is 2.19 bits per heavy atom. The van der Waals surface area contributed by atoms with Crippen LogP contribution in [-0.4, -0.2) is 82.2 Å². The Labute approximate surface area is 210 Å². The van der Waals surface area contributed by atoms with Crippen LogP contribution < -0.4 is 14.9 Å². The average molecular weight is 538 g/mol. The van der Waals surface area contributed by atoms with Crippen molar-refractivity contribution < 1.29 is 31.6 Å². The molecule has 1 fully saturated rings. The second-order valence-corrected chi connectivity index (χ2v) is 11.9. The maximum absolute atomic E-state index is 12.8. The lowest BCUT2D eigenvalue weighted by Gasteiger charge is -2.37. The van der Waals surface area contributed by atoms with E-state index in [1.165, 1.54) is 28.6 Å². The zero-order chi connectivity index (χ0) is 26.3. The molecule has 0 spiro atoms. The number of carbonyl (C=O) groups excluding carboxylic acids is 1. The minimum absolute atomic E-state index is 0.0433. The summed E-state index contributed by atoms with van der Waals surface area (Å²) in [6, 6.07) is 13.6. The summed E-state index contributed by atoms with van der Waals surface area (Å²) in [6.07, 6.45) is 1.10. The summed E-state index contributed by atoms with van der Waals surface area (Å²) in [5.74, 6) is -0.364. The predicted octanol–water partition coefficient (Wildman–Crippen LogP) is -0.133. The van der Waals surface area contributed by atoms with Gasteiger partial charge in [-0.25, -0.2) is 27.0 Å². The first-order chi connectivity index (χ1) is 17.0. The van der Waals surface area contributed by atoms with E-state index in [-0.39, 0.29) is 44.2 Å². The molecular formula is C22H27N5O7S2. The highest BCUT2D eigenvalue weighted by molar-refractivity contribution is 7.89. The fourth-order valence-corrected chi connectivity index (χ4v) is 5.50. The molecule has 3 N–H and O–H groups in total. The van der Waals surface area contributed by atoms with Crippen molar-refractivity contribution >= 4 is 26.0 Å². The highest BCUT2D eigenvalue weighted by Crippen LogP contribution is 2.18. The molecule has 3 rings (SSSR count). The van der Waals surface area contributed by atoms with Gasteiger partial charge in [0.2, 0.25) is 20.0 Å². The van der Waals surface area contributed by atoms with E-state index in [0.717, 1.165) is 11.8 Å². The number of nitriles is 1. The molecule has 12 nitrogen and oxygen atoms in total. The third kappa shape index (κ3) is 7.23. The minimum atomic E-state index is -3.99. The van der Waals surface area contributed by atoms with E-state index in [0.29, 0.717) is 11.3 Å². The second-order valence-electron chi connectivity index (χ2n) is 8.11. The van der Waals surface area contributed by atoms with E-state index in [1.54, 1.807) is 34.6 Å². The second kappa shape index (κ2) is 11.8. The highest BCUT2D eigenvalue weighted by atomic mass is 32.2. The maximum atomic E-state index is 12.8. The van der Waals surface area contributed by atoms with Crippen LogP contribution in [0.25, 0.3) is 0 Å². The third-order valence-corrected chi connectivity index (χ3v) is 8.43. The van der Waals surface area contributed by atoms with Gasteiger partial charge in [0.05, 0.1) is 22.8 Å². The Bertz CT molecular complexity index is 1300. The fraction of sp³-hybridized carbons (Fsp3) is 0.364. The number of benzene rings is 2. The topological polar surface area (TPSA) is 169 Å². The van der Waals surface area contributed by atoms with E-state index < -0.39 is 32.0 Å². The van der Waals surface area contributed by atoms with Crippen LogP contribution in [0, 0.1) is 11.3 Å². The van der Waals surface area contributed by atoms with E-state index in [4.69, 9.17) is 15.2 Å². The van der Waals surface area contributed by atoms with Crippen LogP contribution in [0.2, 0.25) is 0 Å². The van der Waals surface area contributed by atoms with Crippen LogP contribution in [0.3, 0.4) is 0 Å². The molecule has 0 bridgehead atoms. The van der Waals surface area contributed by atoms with Gasteiger partial charge in [-0.05, 0) is 42.0 Å². The van der Waals surface area contributed by atoms with E-state index >= 15 is 0 Å². The first kappa shape index (κ1) is 27.5. The number of ether oxygens (including phenoxy) is 1. The molecule has 2 aromatic rings. The molecule has 14 heteroatoms. The SMILES string of the molecule is CS(=O)(=O)N1CCN([C@@H](CNS(=O)(=O)c2ccc(OCc3ccc(C#N)cc3)cc2)C(=O)NO)CC1. The summed E-state index contributed by atoms with van der Waals surface area (Å²) >= 11 is 0. The highest BCUT2D eigenvalue weighted by Gasteiger charge is 2.32. The number of amides is 1. The molecule has 0 aliphatic carbocycles. The Hall–Kier alpha value is -3.06. The number of hydrogen-bond donors (Lipinski definition) is 3. The smallest absolute Gasteiger partial charge is 0.262 e. The lowest BCUT2D eigenvalue weighted by atomic mass is 10.2. The van der Waals surface area contributed by atoms with E-state index in [1.807, 2.05) is 6.07 Å². The number of nitrogens with zero attached hydrogens (tertiary/aromatic N) is 3. The minimum Gasteiger partial charge on any atom is -0.489 e. The Morgan fingerprint density at radius 1 is 1.06 bits per heavy atom. The summed E-state index contributed by atoms with van der Waals surface area (Å²) in [5, 5.41) is 18.0. The number of nitrogens with one attached hydrogen (secondary N) is 2. The summed E-state index contributed by atoms with van der Waals surface area (Å²) in [6.45, 7) is 0.580. The van der Waals surface area contributed by atoms with Crippen LogP contribution in [0.15, 0.2) is 53.4 Å². The van der Waals surface area contributed by atoms with Gasteiger partial charge >= 0.3 is 0 Å². The lowest BCUT2D eigenvalue weighted by Crippen LogP contribution is -2.58. The van der Waals surface area contributed by atoms with Gasteiger partial charge in [0, 0.05) is 32.7 Å². The van der Waals surface area contributed by atoms with E-state index in [9.17, 15) is 21.6 Å². The van der Waals surface area contributed by atoms with Gasteiger partial charge in [-0.1, -0.05) is 12.1 Å². The predicted molar refractivity (Wildman–Crippen MR) is 129 cm³/mol. The molecule has 1 heterocycles. The average Bonchev–Trinajstić information content (AvgIpc) is 2.87. The van der Waals surface area contributed by atoms with Crippen LogP contribution in [-0.2, 0) is 31.4 Å². The van der Waals surface area contributed by atoms with Gasteiger partial charge in [0.1, 0.15) is 18.4 Å². The van der Waals surface area contributed by atoms with Crippen molar-refractivity contribution in [2.24, 2.45) is 0 Å². The van der Waals surface area contributed by atoms with Crippen molar-refractivity contribution in [1.82, 2.24) is 19.4 Å². The molecule has 1 atom stereocenters. The van der Waals surface area contributed by atoms with Gasteiger partial charge in [-0.3, -0.25) is 14.9 Å². The number of rotatable bonds is 10. The third-order valence-electron chi connectivity index (χ3n) is 5.69. The normalized spacial score (nSPS) is 16.1. The van der Waals surface area contributed by atoms with Crippen LogP contribution in [0.1, 0.15) is 11.1 Å². The molecule has 2 aromatic carbocycles. The zero-order valence-corrected chi connectivity index (χ0v) is 21.1. The first-order valence-corrected chi connectivity index (χ1v) is 14.2. The molecule has 0 radical (unpaired) electrons. The Morgan fingerprint density at radius 2 is 1.67 bits per heavy atom. The summed E-state index contributed by atoms with van der Waals surface area (Å²) in [5.41, 5.74) is 2.92. The molecule has 194 valence electrons. The molecule has 1 aliphatic heterocycles. The number of hydrogen-bond acceptors (Lipinski definition) is 9. The molecule has 1 saturated heterocycles. The molecule has 36 heavy (non-hydrogen) atoms. The summed E-state index contributed by atoms with van der Waals surface area (Å²) in [7, 11) is -7.37. The van der Waals surface area contributed by atoms with Crippen LogP contribution in [0.5, 0.6) is 5.75 Å². The summed E-state index contributed by atoms with van der Waals surface area (Å²) in [4.78, 5) is 13.8. The molecular weight excluding hydrogens is 510 g/mol. The van der Waals surface area contributed by atoms with Gasteiger partial charge < -0.3 is 4.74 Å². The van der Waals surface area contributed by atoms with Gasteiger partial charge in [0.25, 0.3) is 5.91 Å². The number of sulfonamides is 2. The van der Waals surface area contributed by atoms with Crippen molar-refractivity contribution in [1.29, 1.82) is 5.26 Å². The first-order valence-electron chi connectivity index (χ1n) is 10.9. The molecule has 0 saturated carbocycles. The quantitative estimate of drug-likeness (QED) is 0.276. The number of hydroxylamine groups is 1. The van der Waals surface area contributed by atoms with Crippen molar-refractivity contribution in [2.75, 3.05) is 39.0 Å². The number of carbonyl (C=O) groups is 1. The Balaban J connectivity index is 1.59. The largest absolute Gasteiger partial charge is 0.489 e. The molecule has 1 aliphatic rings. The van der Waals surface area contributed by atoms with Crippen LogP contribution >= 0.6 is 0 Å². The monoisotopic (exact) mass is 537 g/mol. The standard InChI is InChI=1S/C22H27N5O7S2/c1-35(30,31)27-12-10-26(11-13-27)21(22(28)25-29)15-24-36(32,33)20-8-6-19(7-9-20)34-16-18-4-2-17(14-23)3-5-18/h2-9,21,24,29H,10-13,15-16H2,1H3,(H,25,28)/t21-/m0/s1. The van der Waals surface area contributed by atoms with Crippen LogP contribution in [0.4, 0.5) is 0 Å². The maximum Gasteiger partial charge on any atom is 0.262 e. The Kier molecular flexibility index (Phi) is 9.01. The van der Waals surface area contributed by atoms with Crippen molar-refractivity contribution in [3.8, 4) is 11.8 Å². The van der Waals surface area contributed by atoms with Crippen molar-refractivity contribution in [3.05, 3.63) is 59.7 Å². The van der Waals surface area contributed by atoms with Gasteiger partial charge in [0.15, 0.2) is 0 Å². The lowest BCUT2D eigenvalue weighted by molar-refractivity contribution is -0.135. The molecule has 0 aromatic heterocycles. The molecule has 1 amide bonds. The summed E-state index contributed by atoms with van der Waals surface area (Å²) < 4.78 is 58.3. The van der Waals surface area contributed by atoms with E-state index in [2.05, 4.69) is 4.72 Å². The van der Waals surface area contributed by atoms with Crippen molar-refractivity contribution in [3.63, 3.8) is 0 Å². The van der Waals surface area contributed by atoms with Gasteiger partial charge in [-0.15, -0.1) is 0 Å². The van der Waals surface area contributed by atoms with Crippen molar-refractivity contribution in [2.45, 2.75) is 17.5 Å². The number of piperazine rings is 1. The molecule has 0 unspecified atom stereocenters.